The summed E-state index contributed by atoms with van der Waals surface area (Å²) in [5.74, 6) is 0.210. The number of ether oxygens (including phenoxy) is 1. The van der Waals surface area contributed by atoms with Crippen LogP contribution in [0.2, 0.25) is 5.02 Å². The fourth-order valence-electron chi connectivity index (χ4n) is 4.52. The molecule has 0 aliphatic carbocycles. The van der Waals surface area contributed by atoms with E-state index in [9.17, 15) is 9.18 Å². The van der Waals surface area contributed by atoms with E-state index < -0.39 is 0 Å². The highest BCUT2D eigenvalue weighted by Gasteiger charge is 2.26. The number of nitrogens with zero attached hydrogens (tertiary/aromatic N) is 3. The molecule has 1 N–H and O–H groups in total. The monoisotopic (exact) mass is 448 g/mol. The molecule has 2 saturated heterocycles. The molecule has 31 heavy (non-hydrogen) atoms. The van der Waals surface area contributed by atoms with Crippen LogP contribution < -0.4 is 10.9 Å². The summed E-state index contributed by atoms with van der Waals surface area (Å²) in [6.45, 7) is 6.12. The Morgan fingerprint density at radius 2 is 2.00 bits per heavy atom. The van der Waals surface area contributed by atoms with Gasteiger partial charge in [0.1, 0.15) is 10.8 Å². The number of anilines is 1. The summed E-state index contributed by atoms with van der Waals surface area (Å²) in [4.78, 5) is 15.2. The summed E-state index contributed by atoms with van der Waals surface area (Å²) < 4.78 is 20.2. The van der Waals surface area contributed by atoms with Gasteiger partial charge in [0.15, 0.2) is 0 Å². The average Bonchev–Trinajstić information content (AvgIpc) is 2.81. The van der Waals surface area contributed by atoms with Crippen molar-refractivity contribution in [3.8, 4) is 0 Å². The SMILES string of the molecule is C[C@H](c1ccc(F)cc1)N1CCC(n2ncc(NC[C@@H]3CCCOC3)c(Cl)c2=O)CC1. The van der Waals surface area contributed by atoms with Crippen molar-refractivity contribution in [3.63, 3.8) is 0 Å². The van der Waals surface area contributed by atoms with Gasteiger partial charge in [-0.15, -0.1) is 0 Å². The Labute approximate surface area is 187 Å². The van der Waals surface area contributed by atoms with Crippen LogP contribution >= 0.6 is 11.6 Å². The van der Waals surface area contributed by atoms with Gasteiger partial charge in [-0.25, -0.2) is 9.07 Å². The lowest BCUT2D eigenvalue weighted by Gasteiger charge is -2.36. The second kappa shape index (κ2) is 10.1. The molecule has 4 rings (SSSR count). The number of rotatable bonds is 6. The Morgan fingerprint density at radius 1 is 1.26 bits per heavy atom. The molecule has 3 heterocycles. The number of nitrogens with one attached hydrogen (secondary N) is 1. The van der Waals surface area contributed by atoms with Crippen LogP contribution in [0.3, 0.4) is 0 Å². The fourth-order valence-corrected chi connectivity index (χ4v) is 4.72. The van der Waals surface area contributed by atoms with E-state index in [4.69, 9.17) is 16.3 Å². The highest BCUT2D eigenvalue weighted by Crippen LogP contribution is 2.29. The first-order valence-electron chi connectivity index (χ1n) is 11.1. The second-order valence-electron chi connectivity index (χ2n) is 8.58. The average molecular weight is 449 g/mol. The molecule has 2 aromatic rings. The maximum absolute atomic E-state index is 13.2. The normalized spacial score (nSPS) is 21.7. The number of benzene rings is 1. The smallest absolute Gasteiger partial charge is 0.287 e. The van der Waals surface area contributed by atoms with Crippen LogP contribution in [-0.2, 0) is 4.74 Å². The van der Waals surface area contributed by atoms with E-state index in [0.29, 0.717) is 11.6 Å². The number of hydrogen-bond donors (Lipinski definition) is 1. The number of halogens is 2. The summed E-state index contributed by atoms with van der Waals surface area (Å²) >= 11 is 6.40. The van der Waals surface area contributed by atoms with E-state index in [1.807, 2.05) is 12.1 Å². The molecule has 0 unspecified atom stereocenters. The lowest BCUT2D eigenvalue weighted by Crippen LogP contribution is -2.39. The van der Waals surface area contributed by atoms with Crippen LogP contribution in [0.15, 0.2) is 35.3 Å². The molecular weight excluding hydrogens is 419 g/mol. The van der Waals surface area contributed by atoms with Crippen molar-refractivity contribution >= 4 is 17.3 Å². The molecule has 0 saturated carbocycles. The van der Waals surface area contributed by atoms with Gasteiger partial charge in [0.05, 0.1) is 24.5 Å². The number of piperidine rings is 1. The molecule has 0 amide bonds. The summed E-state index contributed by atoms with van der Waals surface area (Å²) in [6, 6.07) is 6.90. The van der Waals surface area contributed by atoms with Gasteiger partial charge in [0.2, 0.25) is 0 Å². The Balaban J connectivity index is 1.36. The molecule has 1 aromatic carbocycles. The van der Waals surface area contributed by atoms with E-state index in [1.165, 1.54) is 16.8 Å². The van der Waals surface area contributed by atoms with Gasteiger partial charge < -0.3 is 10.1 Å². The lowest BCUT2D eigenvalue weighted by molar-refractivity contribution is 0.0595. The topological polar surface area (TPSA) is 59.4 Å². The quantitative estimate of drug-likeness (QED) is 0.715. The molecule has 0 radical (unpaired) electrons. The van der Waals surface area contributed by atoms with Crippen molar-refractivity contribution in [3.05, 3.63) is 57.2 Å². The van der Waals surface area contributed by atoms with Crippen LogP contribution in [0, 0.1) is 11.7 Å². The van der Waals surface area contributed by atoms with E-state index in [1.54, 1.807) is 6.20 Å². The van der Waals surface area contributed by atoms with Gasteiger partial charge in [-0.3, -0.25) is 9.69 Å². The maximum Gasteiger partial charge on any atom is 0.287 e. The Hall–Kier alpha value is -1.96. The van der Waals surface area contributed by atoms with Crippen LogP contribution in [0.25, 0.3) is 0 Å². The maximum atomic E-state index is 13.2. The Morgan fingerprint density at radius 3 is 2.68 bits per heavy atom. The van der Waals surface area contributed by atoms with E-state index in [-0.39, 0.29) is 28.5 Å². The highest BCUT2D eigenvalue weighted by atomic mass is 35.5. The third-order valence-corrected chi connectivity index (χ3v) is 6.89. The molecule has 6 nitrogen and oxygen atoms in total. The molecule has 0 spiro atoms. The van der Waals surface area contributed by atoms with Crippen molar-refractivity contribution in [1.82, 2.24) is 14.7 Å². The first-order chi connectivity index (χ1) is 15.0. The van der Waals surface area contributed by atoms with Crippen LogP contribution in [0.5, 0.6) is 0 Å². The third kappa shape index (κ3) is 5.27. The van der Waals surface area contributed by atoms with Crippen LogP contribution in [0.1, 0.15) is 50.3 Å². The Kier molecular flexibility index (Phi) is 7.25. The number of aromatic nitrogens is 2. The molecule has 0 bridgehead atoms. The zero-order valence-corrected chi connectivity index (χ0v) is 18.7. The molecule has 2 aliphatic rings. The summed E-state index contributed by atoms with van der Waals surface area (Å²) in [5.41, 5.74) is 1.45. The minimum atomic E-state index is -0.239. The molecule has 2 fully saturated rings. The minimum Gasteiger partial charge on any atom is -0.382 e. The molecular formula is C23H30ClFN4O2. The van der Waals surface area contributed by atoms with Gasteiger partial charge in [-0.05, 0) is 56.2 Å². The zero-order chi connectivity index (χ0) is 21.8. The second-order valence-corrected chi connectivity index (χ2v) is 8.96. The highest BCUT2D eigenvalue weighted by molar-refractivity contribution is 6.32. The summed E-state index contributed by atoms with van der Waals surface area (Å²) in [6.07, 6.45) is 5.49. The zero-order valence-electron chi connectivity index (χ0n) is 17.9. The molecule has 2 aliphatic heterocycles. The van der Waals surface area contributed by atoms with E-state index >= 15 is 0 Å². The van der Waals surface area contributed by atoms with Crippen LogP contribution in [-0.4, -0.2) is 47.5 Å². The van der Waals surface area contributed by atoms with Crippen molar-refractivity contribution in [2.45, 2.75) is 44.7 Å². The van der Waals surface area contributed by atoms with Gasteiger partial charge in [0.25, 0.3) is 5.56 Å². The molecule has 1 aromatic heterocycles. The fraction of sp³-hybridized carbons (Fsp3) is 0.565. The van der Waals surface area contributed by atoms with Gasteiger partial charge in [-0.1, -0.05) is 23.7 Å². The predicted molar refractivity (Wildman–Crippen MR) is 120 cm³/mol. The molecule has 2 atom stereocenters. The van der Waals surface area contributed by atoms with Crippen molar-refractivity contribution in [2.24, 2.45) is 5.92 Å². The van der Waals surface area contributed by atoms with Crippen LogP contribution in [0.4, 0.5) is 10.1 Å². The first-order valence-corrected chi connectivity index (χ1v) is 11.5. The van der Waals surface area contributed by atoms with E-state index in [0.717, 1.165) is 64.1 Å². The summed E-state index contributed by atoms with van der Waals surface area (Å²) in [5, 5.41) is 7.91. The largest absolute Gasteiger partial charge is 0.382 e. The van der Waals surface area contributed by atoms with Gasteiger partial charge >= 0.3 is 0 Å². The minimum absolute atomic E-state index is 0.0301. The van der Waals surface area contributed by atoms with Crippen molar-refractivity contribution < 1.29 is 9.13 Å². The van der Waals surface area contributed by atoms with E-state index in [2.05, 4.69) is 22.2 Å². The lowest BCUT2D eigenvalue weighted by atomic mass is 10.00. The number of hydrogen-bond acceptors (Lipinski definition) is 5. The third-order valence-electron chi connectivity index (χ3n) is 6.52. The Bertz CT molecular complexity index is 922. The predicted octanol–water partition coefficient (Wildman–Crippen LogP) is 4.27. The van der Waals surface area contributed by atoms with Crippen molar-refractivity contribution in [1.29, 1.82) is 0 Å². The molecule has 168 valence electrons. The standard InChI is InChI=1S/C23H30ClFN4O2/c1-16(18-4-6-19(25)7-5-18)28-10-8-20(9-11-28)29-23(30)22(24)21(14-27-29)26-13-17-3-2-12-31-15-17/h4-7,14,16-17,20,26H,2-3,8-13,15H2,1H3/t16-,17+/m1/s1. The first kappa shape index (κ1) is 22.2. The summed E-state index contributed by atoms with van der Waals surface area (Å²) in [7, 11) is 0. The van der Waals surface area contributed by atoms with Crippen molar-refractivity contribution in [2.75, 3.05) is 38.2 Å². The van der Waals surface area contributed by atoms with Gasteiger partial charge in [0, 0.05) is 32.3 Å². The molecule has 8 heteroatoms. The van der Waals surface area contributed by atoms with Gasteiger partial charge in [-0.2, -0.15) is 5.10 Å². The number of likely N-dealkylation sites (tertiary alicyclic amines) is 1.